The minimum absolute atomic E-state index is 0.0367. The van der Waals surface area contributed by atoms with Crippen LogP contribution in [0.25, 0.3) is 0 Å². The van der Waals surface area contributed by atoms with E-state index in [1.807, 2.05) is 20.8 Å². The molecule has 2 unspecified atom stereocenters. The van der Waals surface area contributed by atoms with Crippen molar-refractivity contribution >= 4 is 11.9 Å². The van der Waals surface area contributed by atoms with Gasteiger partial charge in [0.2, 0.25) is 5.91 Å². The van der Waals surface area contributed by atoms with Crippen LogP contribution in [0.2, 0.25) is 0 Å². The van der Waals surface area contributed by atoms with E-state index in [0.29, 0.717) is 13.0 Å². The smallest absolute Gasteiger partial charge is 0.303 e. The molecule has 2 atom stereocenters. The minimum atomic E-state index is -0.843. The number of hydrogen-bond acceptors (Lipinski definition) is 3. The molecule has 1 saturated heterocycles. The molecule has 0 aliphatic carbocycles. The number of carboxylic acids is 1. The van der Waals surface area contributed by atoms with Gasteiger partial charge in [-0.2, -0.15) is 0 Å². The molecule has 2 N–H and O–H groups in total. The Morgan fingerprint density at radius 1 is 1.47 bits per heavy atom. The number of amides is 1. The third-order valence-corrected chi connectivity index (χ3v) is 3.14. The number of aliphatic carboxylic acids is 1. The lowest BCUT2D eigenvalue weighted by molar-refractivity contribution is -0.138. The first-order chi connectivity index (χ1) is 7.82. The Balaban J connectivity index is 2.46. The summed E-state index contributed by atoms with van der Waals surface area (Å²) in [5.41, 5.74) is -0.488. The van der Waals surface area contributed by atoms with Crippen LogP contribution < -0.4 is 5.32 Å². The maximum absolute atomic E-state index is 12.0. The lowest BCUT2D eigenvalue weighted by atomic mass is 9.95. The Kier molecular flexibility index (Phi) is 4.51. The minimum Gasteiger partial charge on any atom is -0.481 e. The van der Waals surface area contributed by atoms with Crippen LogP contribution in [0.1, 0.15) is 40.0 Å². The van der Waals surface area contributed by atoms with Crippen LogP contribution in [0.15, 0.2) is 0 Å². The van der Waals surface area contributed by atoms with Gasteiger partial charge in [0.15, 0.2) is 0 Å². The van der Waals surface area contributed by atoms with E-state index in [1.165, 1.54) is 0 Å². The fourth-order valence-electron chi connectivity index (χ4n) is 1.98. The van der Waals surface area contributed by atoms with Gasteiger partial charge in [-0.3, -0.25) is 9.59 Å². The molecule has 5 nitrogen and oxygen atoms in total. The molecular weight excluding hydrogens is 222 g/mol. The molecule has 0 aromatic carbocycles. The average Bonchev–Trinajstić information content (AvgIpc) is 2.61. The van der Waals surface area contributed by atoms with Gasteiger partial charge in [-0.05, 0) is 33.6 Å². The molecule has 1 aliphatic heterocycles. The molecule has 0 radical (unpaired) electrons. The molecule has 1 fully saturated rings. The Morgan fingerprint density at radius 3 is 2.59 bits per heavy atom. The predicted molar refractivity (Wildman–Crippen MR) is 62.6 cm³/mol. The van der Waals surface area contributed by atoms with Crippen LogP contribution in [-0.2, 0) is 14.3 Å². The average molecular weight is 243 g/mol. The van der Waals surface area contributed by atoms with E-state index in [-0.39, 0.29) is 24.3 Å². The van der Waals surface area contributed by atoms with E-state index >= 15 is 0 Å². The summed E-state index contributed by atoms with van der Waals surface area (Å²) in [6, 6.07) is 0. The van der Waals surface area contributed by atoms with E-state index in [0.717, 1.165) is 6.42 Å². The number of hydrogen-bond donors (Lipinski definition) is 2. The number of carbonyl (C=O) groups is 2. The van der Waals surface area contributed by atoms with Crippen molar-refractivity contribution in [2.45, 2.75) is 51.7 Å². The van der Waals surface area contributed by atoms with Crippen LogP contribution in [0.5, 0.6) is 0 Å². The molecule has 98 valence electrons. The van der Waals surface area contributed by atoms with E-state index in [9.17, 15) is 9.59 Å². The Morgan fingerprint density at radius 2 is 2.12 bits per heavy atom. The van der Waals surface area contributed by atoms with Gasteiger partial charge in [-0.25, -0.2) is 0 Å². The molecular formula is C12H21NO4. The summed E-state index contributed by atoms with van der Waals surface area (Å²) in [6.45, 7) is 6.19. The first kappa shape index (κ1) is 14.0. The van der Waals surface area contributed by atoms with E-state index in [2.05, 4.69) is 5.32 Å². The number of carbonyl (C=O) groups excluding carboxylic acids is 1. The predicted octanol–water partition coefficient (Wildman–Crippen LogP) is 1.17. The Labute approximate surface area is 102 Å². The summed E-state index contributed by atoms with van der Waals surface area (Å²) >= 11 is 0. The second-order valence-corrected chi connectivity index (χ2v) is 5.24. The van der Waals surface area contributed by atoms with Crippen molar-refractivity contribution in [1.82, 2.24) is 5.32 Å². The van der Waals surface area contributed by atoms with Crippen molar-refractivity contribution in [1.29, 1.82) is 0 Å². The van der Waals surface area contributed by atoms with Gasteiger partial charge in [0.05, 0.1) is 12.0 Å². The molecule has 0 bridgehead atoms. The summed E-state index contributed by atoms with van der Waals surface area (Å²) < 4.78 is 5.34. The summed E-state index contributed by atoms with van der Waals surface area (Å²) in [6.07, 6.45) is 1.17. The Hall–Kier alpha value is -1.10. The van der Waals surface area contributed by atoms with Crippen molar-refractivity contribution < 1.29 is 19.4 Å². The van der Waals surface area contributed by atoms with Gasteiger partial charge >= 0.3 is 5.97 Å². The zero-order valence-corrected chi connectivity index (χ0v) is 10.7. The molecule has 0 aromatic heterocycles. The number of carboxylic acid groups (broad SMARTS) is 1. The highest BCUT2D eigenvalue weighted by Crippen LogP contribution is 2.22. The summed E-state index contributed by atoms with van der Waals surface area (Å²) in [4.78, 5) is 22.5. The molecule has 5 heteroatoms. The number of ether oxygens (including phenoxy) is 1. The first-order valence-corrected chi connectivity index (χ1v) is 5.97. The van der Waals surface area contributed by atoms with E-state index in [1.54, 1.807) is 0 Å². The lowest BCUT2D eigenvalue weighted by Gasteiger charge is -2.28. The Bertz CT molecular complexity index is 301. The molecule has 1 amide bonds. The third kappa shape index (κ3) is 4.34. The van der Waals surface area contributed by atoms with Crippen LogP contribution in [0.3, 0.4) is 0 Å². The van der Waals surface area contributed by atoms with Gasteiger partial charge in [-0.15, -0.1) is 0 Å². The van der Waals surface area contributed by atoms with Crippen molar-refractivity contribution in [3.63, 3.8) is 0 Å². The molecule has 17 heavy (non-hydrogen) atoms. The molecule has 0 aromatic rings. The largest absolute Gasteiger partial charge is 0.481 e. The van der Waals surface area contributed by atoms with Crippen LogP contribution in [0, 0.1) is 5.92 Å². The highest BCUT2D eigenvalue weighted by molar-refractivity contribution is 5.80. The highest BCUT2D eigenvalue weighted by atomic mass is 16.5. The van der Waals surface area contributed by atoms with Crippen molar-refractivity contribution in [3.05, 3.63) is 0 Å². The van der Waals surface area contributed by atoms with Crippen LogP contribution in [0.4, 0.5) is 0 Å². The van der Waals surface area contributed by atoms with Gasteiger partial charge in [0, 0.05) is 18.6 Å². The maximum atomic E-state index is 12.0. The van der Waals surface area contributed by atoms with Crippen LogP contribution >= 0.6 is 0 Å². The topological polar surface area (TPSA) is 75.6 Å². The third-order valence-electron chi connectivity index (χ3n) is 3.14. The monoisotopic (exact) mass is 243 g/mol. The van der Waals surface area contributed by atoms with Gasteiger partial charge in [0.1, 0.15) is 0 Å². The molecule has 0 spiro atoms. The fourth-order valence-corrected chi connectivity index (χ4v) is 1.98. The molecule has 0 saturated carbocycles. The SMILES string of the molecule is CC1OCCC1C(=O)NC(C)(C)CCC(=O)O. The molecule has 1 aliphatic rings. The maximum Gasteiger partial charge on any atom is 0.303 e. The van der Waals surface area contributed by atoms with Crippen LogP contribution in [-0.4, -0.2) is 35.2 Å². The standard InChI is InChI=1S/C12H21NO4/c1-8-9(5-7-17-8)11(16)13-12(2,3)6-4-10(14)15/h8-9H,4-7H2,1-3H3,(H,13,16)(H,14,15). The van der Waals surface area contributed by atoms with Crippen molar-refractivity contribution in [3.8, 4) is 0 Å². The van der Waals surface area contributed by atoms with Crippen molar-refractivity contribution in [2.24, 2.45) is 5.92 Å². The van der Waals surface area contributed by atoms with E-state index in [4.69, 9.17) is 9.84 Å². The highest BCUT2D eigenvalue weighted by Gasteiger charge is 2.33. The lowest BCUT2D eigenvalue weighted by Crippen LogP contribution is -2.47. The number of rotatable bonds is 5. The first-order valence-electron chi connectivity index (χ1n) is 5.97. The van der Waals surface area contributed by atoms with Crippen molar-refractivity contribution in [2.75, 3.05) is 6.61 Å². The van der Waals surface area contributed by atoms with E-state index < -0.39 is 11.5 Å². The van der Waals surface area contributed by atoms with Gasteiger partial charge in [0.25, 0.3) is 0 Å². The summed E-state index contributed by atoms with van der Waals surface area (Å²) in [5, 5.41) is 11.5. The zero-order chi connectivity index (χ0) is 13.1. The van der Waals surface area contributed by atoms with Gasteiger partial charge < -0.3 is 15.2 Å². The normalized spacial score (nSPS) is 24.6. The zero-order valence-electron chi connectivity index (χ0n) is 10.7. The molecule has 1 rings (SSSR count). The summed E-state index contributed by atoms with van der Waals surface area (Å²) in [5.74, 6) is -0.991. The number of nitrogens with one attached hydrogen (secondary N) is 1. The molecule has 1 heterocycles. The second kappa shape index (κ2) is 5.49. The fraction of sp³-hybridized carbons (Fsp3) is 0.833. The second-order valence-electron chi connectivity index (χ2n) is 5.24. The van der Waals surface area contributed by atoms with Gasteiger partial charge in [-0.1, -0.05) is 0 Å². The quantitative estimate of drug-likeness (QED) is 0.760. The summed E-state index contributed by atoms with van der Waals surface area (Å²) in [7, 11) is 0.